The predicted molar refractivity (Wildman–Crippen MR) is 71.1 cm³/mol. The Bertz CT molecular complexity index is 600. The number of fused-ring (bicyclic) bond motifs is 1. The minimum atomic E-state index is -0.315. The molecule has 5 heteroatoms. The smallest absolute Gasteiger partial charge is 0.341 e. The molecule has 0 amide bonds. The molecule has 1 saturated heterocycles. The first kappa shape index (κ1) is 12.2. The van der Waals surface area contributed by atoms with Gasteiger partial charge in [-0.3, -0.25) is 0 Å². The number of rotatable bonds is 3. The van der Waals surface area contributed by atoms with Crippen LogP contribution in [-0.4, -0.2) is 28.5 Å². The highest BCUT2D eigenvalue weighted by Gasteiger charge is 2.21. The Balaban J connectivity index is 2.01. The van der Waals surface area contributed by atoms with E-state index in [2.05, 4.69) is 10.3 Å². The first-order valence-electron chi connectivity index (χ1n) is 6.67. The third-order valence-corrected chi connectivity index (χ3v) is 3.41. The SMILES string of the molecule is CCOC(=O)c1cccn2cc([C@H]3CCCN3)nc12. The number of carbonyl (C=O) groups excluding carboxylic acids is 1. The zero-order chi connectivity index (χ0) is 13.2. The summed E-state index contributed by atoms with van der Waals surface area (Å²) >= 11 is 0. The minimum absolute atomic E-state index is 0.301. The average molecular weight is 259 g/mol. The van der Waals surface area contributed by atoms with Gasteiger partial charge in [-0.1, -0.05) is 0 Å². The number of imidazole rings is 1. The molecule has 19 heavy (non-hydrogen) atoms. The number of ether oxygens (including phenoxy) is 1. The molecule has 2 aromatic rings. The van der Waals surface area contributed by atoms with Crippen molar-refractivity contribution in [3.8, 4) is 0 Å². The van der Waals surface area contributed by atoms with Crippen LogP contribution in [0, 0.1) is 0 Å². The van der Waals surface area contributed by atoms with E-state index in [1.165, 1.54) is 6.42 Å². The van der Waals surface area contributed by atoms with Gasteiger partial charge in [-0.25, -0.2) is 9.78 Å². The van der Waals surface area contributed by atoms with Crippen LogP contribution in [-0.2, 0) is 4.74 Å². The molecular formula is C14H17N3O2. The lowest BCUT2D eigenvalue weighted by molar-refractivity contribution is 0.0528. The molecule has 0 bridgehead atoms. The van der Waals surface area contributed by atoms with Crippen LogP contribution in [0.15, 0.2) is 24.5 Å². The first-order chi connectivity index (χ1) is 9.29. The van der Waals surface area contributed by atoms with Crippen molar-refractivity contribution >= 4 is 11.6 Å². The fourth-order valence-electron chi connectivity index (χ4n) is 2.51. The maximum absolute atomic E-state index is 11.9. The maximum atomic E-state index is 11.9. The lowest BCUT2D eigenvalue weighted by Crippen LogP contribution is -2.13. The van der Waals surface area contributed by atoms with Gasteiger partial charge in [-0.05, 0) is 38.4 Å². The molecule has 5 nitrogen and oxygen atoms in total. The standard InChI is InChI=1S/C14H17N3O2/c1-2-19-14(18)10-5-4-8-17-9-12(16-13(10)17)11-6-3-7-15-11/h4-5,8-9,11,15H,2-3,6-7H2,1H3/t11-/m1/s1. The van der Waals surface area contributed by atoms with E-state index in [-0.39, 0.29) is 5.97 Å². The van der Waals surface area contributed by atoms with Crippen molar-refractivity contribution in [2.45, 2.75) is 25.8 Å². The second-order valence-corrected chi connectivity index (χ2v) is 4.69. The molecule has 2 aromatic heterocycles. The average Bonchev–Trinajstić information content (AvgIpc) is 3.06. The van der Waals surface area contributed by atoms with Crippen LogP contribution in [0.5, 0.6) is 0 Å². The summed E-state index contributed by atoms with van der Waals surface area (Å²) < 4.78 is 6.95. The van der Waals surface area contributed by atoms with Crippen molar-refractivity contribution in [3.63, 3.8) is 0 Å². The van der Waals surface area contributed by atoms with Crippen LogP contribution in [0.3, 0.4) is 0 Å². The topological polar surface area (TPSA) is 55.6 Å². The molecule has 1 aliphatic rings. The van der Waals surface area contributed by atoms with E-state index in [0.717, 1.165) is 18.7 Å². The van der Waals surface area contributed by atoms with Gasteiger partial charge >= 0.3 is 5.97 Å². The zero-order valence-electron chi connectivity index (χ0n) is 10.9. The van der Waals surface area contributed by atoms with Crippen LogP contribution in [0.1, 0.15) is 41.9 Å². The third-order valence-electron chi connectivity index (χ3n) is 3.41. The molecular weight excluding hydrogens is 242 g/mol. The van der Waals surface area contributed by atoms with Crippen LogP contribution < -0.4 is 5.32 Å². The number of esters is 1. The van der Waals surface area contributed by atoms with Gasteiger partial charge in [0.15, 0.2) is 5.65 Å². The van der Waals surface area contributed by atoms with E-state index in [1.54, 1.807) is 13.0 Å². The Kier molecular flexibility index (Phi) is 3.21. The summed E-state index contributed by atoms with van der Waals surface area (Å²) in [6.45, 7) is 3.21. The molecule has 0 spiro atoms. The van der Waals surface area contributed by atoms with Gasteiger partial charge in [0.2, 0.25) is 0 Å². The number of nitrogens with zero attached hydrogens (tertiary/aromatic N) is 2. The molecule has 1 fully saturated rings. The van der Waals surface area contributed by atoms with Gasteiger partial charge in [0.1, 0.15) is 5.56 Å². The Morgan fingerprint density at radius 3 is 3.26 bits per heavy atom. The third kappa shape index (κ3) is 2.21. The molecule has 3 rings (SSSR count). The maximum Gasteiger partial charge on any atom is 0.341 e. The van der Waals surface area contributed by atoms with Crippen LogP contribution in [0.25, 0.3) is 5.65 Å². The predicted octanol–water partition coefficient (Wildman–Crippen LogP) is 1.94. The van der Waals surface area contributed by atoms with Crippen molar-refractivity contribution < 1.29 is 9.53 Å². The van der Waals surface area contributed by atoms with Gasteiger partial charge in [-0.15, -0.1) is 0 Å². The van der Waals surface area contributed by atoms with Crippen molar-refractivity contribution in [1.29, 1.82) is 0 Å². The van der Waals surface area contributed by atoms with Gasteiger partial charge < -0.3 is 14.5 Å². The summed E-state index contributed by atoms with van der Waals surface area (Å²) in [7, 11) is 0. The summed E-state index contributed by atoms with van der Waals surface area (Å²) in [5.41, 5.74) is 2.19. The van der Waals surface area contributed by atoms with E-state index >= 15 is 0 Å². The van der Waals surface area contributed by atoms with Crippen LogP contribution in [0.2, 0.25) is 0 Å². The summed E-state index contributed by atoms with van der Waals surface area (Å²) in [6, 6.07) is 3.90. The molecule has 0 saturated carbocycles. The van der Waals surface area contributed by atoms with E-state index in [0.29, 0.717) is 23.9 Å². The van der Waals surface area contributed by atoms with Gasteiger partial charge in [0.05, 0.1) is 18.3 Å². The quantitative estimate of drug-likeness (QED) is 0.856. The van der Waals surface area contributed by atoms with Gasteiger partial charge in [0.25, 0.3) is 0 Å². The molecule has 1 N–H and O–H groups in total. The van der Waals surface area contributed by atoms with E-state index in [1.807, 2.05) is 22.9 Å². The van der Waals surface area contributed by atoms with E-state index < -0.39 is 0 Å². The van der Waals surface area contributed by atoms with Crippen LogP contribution >= 0.6 is 0 Å². The van der Waals surface area contributed by atoms with E-state index in [4.69, 9.17) is 4.74 Å². The second kappa shape index (κ2) is 5.01. The first-order valence-corrected chi connectivity index (χ1v) is 6.67. The number of carbonyl (C=O) groups is 1. The molecule has 3 heterocycles. The number of nitrogens with one attached hydrogen (secondary N) is 1. The van der Waals surface area contributed by atoms with Gasteiger partial charge in [-0.2, -0.15) is 0 Å². The zero-order valence-corrected chi connectivity index (χ0v) is 10.9. The minimum Gasteiger partial charge on any atom is -0.462 e. The summed E-state index contributed by atoms with van der Waals surface area (Å²) in [5, 5.41) is 3.42. The van der Waals surface area contributed by atoms with Crippen LogP contribution in [0.4, 0.5) is 0 Å². The lowest BCUT2D eigenvalue weighted by Gasteiger charge is -2.04. The number of pyridine rings is 1. The Hall–Kier alpha value is -1.88. The fourth-order valence-corrected chi connectivity index (χ4v) is 2.51. The number of hydrogen-bond donors (Lipinski definition) is 1. The lowest BCUT2D eigenvalue weighted by atomic mass is 10.2. The van der Waals surface area contributed by atoms with Gasteiger partial charge in [0, 0.05) is 12.4 Å². The molecule has 0 unspecified atom stereocenters. The molecule has 1 aliphatic heterocycles. The molecule has 100 valence electrons. The number of hydrogen-bond acceptors (Lipinski definition) is 4. The monoisotopic (exact) mass is 259 g/mol. The Morgan fingerprint density at radius 2 is 2.53 bits per heavy atom. The molecule has 0 aromatic carbocycles. The summed E-state index contributed by atoms with van der Waals surface area (Å²) in [5.74, 6) is -0.315. The normalized spacial score (nSPS) is 18.9. The fraction of sp³-hybridized carbons (Fsp3) is 0.429. The summed E-state index contributed by atoms with van der Waals surface area (Å²) in [6.07, 6.45) is 6.16. The molecule has 1 atom stereocenters. The molecule has 0 radical (unpaired) electrons. The number of aromatic nitrogens is 2. The highest BCUT2D eigenvalue weighted by Crippen LogP contribution is 2.23. The largest absolute Gasteiger partial charge is 0.462 e. The van der Waals surface area contributed by atoms with Crippen molar-refractivity contribution in [1.82, 2.24) is 14.7 Å². The summed E-state index contributed by atoms with van der Waals surface area (Å²) in [4.78, 5) is 16.5. The highest BCUT2D eigenvalue weighted by molar-refractivity contribution is 5.95. The molecule has 0 aliphatic carbocycles. The van der Waals surface area contributed by atoms with E-state index in [9.17, 15) is 4.79 Å². The highest BCUT2D eigenvalue weighted by atomic mass is 16.5. The Labute approximate surface area is 111 Å². The van der Waals surface area contributed by atoms with Crippen molar-refractivity contribution in [3.05, 3.63) is 35.8 Å². The Morgan fingerprint density at radius 1 is 1.63 bits per heavy atom. The van der Waals surface area contributed by atoms with Crippen molar-refractivity contribution in [2.75, 3.05) is 13.2 Å². The van der Waals surface area contributed by atoms with Crippen molar-refractivity contribution in [2.24, 2.45) is 0 Å². The second-order valence-electron chi connectivity index (χ2n) is 4.69.